The van der Waals surface area contributed by atoms with Gasteiger partial charge in [-0.15, -0.1) is 18.3 Å². The minimum Gasteiger partial charge on any atom is -0.406 e. The van der Waals surface area contributed by atoms with Gasteiger partial charge < -0.3 is 19.9 Å². The first kappa shape index (κ1) is 24.0. The van der Waals surface area contributed by atoms with E-state index in [1.54, 1.807) is 0 Å². The number of benzene rings is 1. The van der Waals surface area contributed by atoms with Crippen molar-refractivity contribution in [1.82, 2.24) is 19.7 Å². The molecule has 4 rings (SSSR count). The van der Waals surface area contributed by atoms with Gasteiger partial charge in [-0.25, -0.2) is 0 Å². The highest BCUT2D eigenvalue weighted by Gasteiger charge is 2.31. The summed E-state index contributed by atoms with van der Waals surface area (Å²) in [7, 11) is 2.98. The Balaban J connectivity index is 1.80. The van der Waals surface area contributed by atoms with Crippen molar-refractivity contribution in [1.29, 1.82) is 0 Å². The van der Waals surface area contributed by atoms with Gasteiger partial charge in [0.2, 0.25) is 0 Å². The molecule has 12 heteroatoms. The third kappa shape index (κ3) is 5.05. The van der Waals surface area contributed by atoms with Crippen molar-refractivity contribution in [2.75, 3.05) is 12.4 Å². The summed E-state index contributed by atoms with van der Waals surface area (Å²) >= 11 is 0. The molecule has 184 valence electrons. The van der Waals surface area contributed by atoms with E-state index >= 15 is 0 Å². The van der Waals surface area contributed by atoms with Gasteiger partial charge in [-0.2, -0.15) is 4.68 Å². The van der Waals surface area contributed by atoms with Crippen molar-refractivity contribution in [3.63, 3.8) is 0 Å². The minimum absolute atomic E-state index is 0.0907. The van der Waals surface area contributed by atoms with Crippen LogP contribution < -0.4 is 26.5 Å². The number of aryl methyl sites for hydroxylation is 1. The lowest BCUT2D eigenvalue weighted by molar-refractivity contribution is -0.274. The first-order valence-electron chi connectivity index (χ1n) is 10.8. The predicted molar refractivity (Wildman–Crippen MR) is 122 cm³/mol. The van der Waals surface area contributed by atoms with E-state index in [1.807, 2.05) is 0 Å². The topological polar surface area (TPSA) is 107 Å². The maximum atomic E-state index is 13.2. The summed E-state index contributed by atoms with van der Waals surface area (Å²) in [6.07, 6.45) is -0.758. The quantitative estimate of drug-likeness (QED) is 0.571. The Hall–Kier alpha value is -4.09. The van der Waals surface area contributed by atoms with Gasteiger partial charge in [0.25, 0.3) is 17.0 Å². The summed E-state index contributed by atoms with van der Waals surface area (Å²) < 4.78 is 43.7. The van der Waals surface area contributed by atoms with E-state index in [1.165, 1.54) is 43.1 Å². The van der Waals surface area contributed by atoms with Crippen LogP contribution in [0.4, 0.5) is 24.7 Å². The van der Waals surface area contributed by atoms with Crippen LogP contribution in [0.5, 0.6) is 5.75 Å². The fourth-order valence-electron chi connectivity index (χ4n) is 4.00. The number of halogens is 3. The maximum Gasteiger partial charge on any atom is 0.573 e. The van der Waals surface area contributed by atoms with Crippen LogP contribution in [0.25, 0.3) is 5.69 Å². The highest BCUT2D eigenvalue weighted by molar-refractivity contribution is 5.94. The molecule has 1 amide bonds. The van der Waals surface area contributed by atoms with Crippen LogP contribution in [0.2, 0.25) is 0 Å². The van der Waals surface area contributed by atoms with Crippen LogP contribution >= 0.6 is 0 Å². The van der Waals surface area contributed by atoms with Crippen molar-refractivity contribution < 1.29 is 22.7 Å². The molecule has 0 fully saturated rings. The monoisotopic (exact) mass is 489 g/mol. The Bertz CT molecular complexity index is 1390. The Kier molecular flexibility index (Phi) is 6.37. The third-order valence-electron chi connectivity index (χ3n) is 5.64. The van der Waals surface area contributed by atoms with E-state index < -0.39 is 17.7 Å². The number of aromatic nitrogens is 3. The zero-order valence-electron chi connectivity index (χ0n) is 18.9. The number of anilines is 2. The molecule has 1 aliphatic carbocycles. The van der Waals surface area contributed by atoms with Gasteiger partial charge in [0.05, 0.1) is 11.3 Å². The molecular formula is C23H22F3N5O4. The van der Waals surface area contributed by atoms with Crippen molar-refractivity contribution >= 4 is 17.4 Å². The molecule has 0 saturated heterocycles. The van der Waals surface area contributed by atoms with E-state index in [4.69, 9.17) is 0 Å². The molecule has 1 aromatic carbocycles. The zero-order chi connectivity index (χ0) is 25.3. The number of hydrogen-bond donors (Lipinski definition) is 2. The summed E-state index contributed by atoms with van der Waals surface area (Å²) in [5.41, 5.74) is 0.961. The van der Waals surface area contributed by atoms with Crippen molar-refractivity contribution in [2.24, 2.45) is 7.05 Å². The molecule has 2 heterocycles. The number of carbonyl (C=O) groups is 1. The fourth-order valence-corrected chi connectivity index (χ4v) is 4.00. The molecule has 0 radical (unpaired) electrons. The molecule has 0 aliphatic heterocycles. The molecule has 0 spiro atoms. The van der Waals surface area contributed by atoms with Gasteiger partial charge in [-0.3, -0.25) is 14.4 Å². The average Bonchev–Trinajstić information content (AvgIpc) is 2.82. The second-order valence-corrected chi connectivity index (χ2v) is 8.03. The lowest BCUT2D eigenvalue weighted by Gasteiger charge is -2.21. The molecule has 0 bridgehead atoms. The third-order valence-corrected chi connectivity index (χ3v) is 5.64. The molecule has 0 atom stereocenters. The second-order valence-electron chi connectivity index (χ2n) is 8.03. The molecule has 3 aromatic rings. The summed E-state index contributed by atoms with van der Waals surface area (Å²) in [5, 5.41) is 9.89. The molecule has 2 aromatic heterocycles. The Morgan fingerprint density at radius 1 is 1.06 bits per heavy atom. The van der Waals surface area contributed by atoms with Crippen molar-refractivity contribution in [2.45, 2.75) is 32.0 Å². The number of alkyl halides is 3. The van der Waals surface area contributed by atoms with E-state index in [0.717, 1.165) is 29.7 Å². The molecule has 35 heavy (non-hydrogen) atoms. The summed E-state index contributed by atoms with van der Waals surface area (Å²) in [5.74, 6) is -0.550. The molecule has 1 aliphatic rings. The van der Waals surface area contributed by atoms with Gasteiger partial charge in [-0.1, -0.05) is 0 Å². The number of nitrogens with one attached hydrogen (secondary N) is 2. The van der Waals surface area contributed by atoms with E-state index in [-0.39, 0.29) is 34.2 Å². The molecule has 2 N–H and O–H groups in total. The normalized spacial score (nSPS) is 13.2. The van der Waals surface area contributed by atoms with Gasteiger partial charge in [0, 0.05) is 31.4 Å². The predicted octanol–water partition coefficient (Wildman–Crippen LogP) is 2.81. The number of ether oxygens (including phenoxy) is 1. The Labute approximate surface area is 197 Å². The van der Waals surface area contributed by atoms with E-state index in [9.17, 15) is 27.6 Å². The standard InChI is InChI=1S/C23H22F3N5O4/c1-27-20(32)13-11-18(22(34)30(2)12-13)28-19-16-5-3-4-6-17(16)21(33)31(29-19)14-7-9-15(10-8-14)35-23(24,25)26/h7-12H,3-6H2,1-2H3,(H,27,32)(H,28,29). The number of amides is 1. The van der Waals surface area contributed by atoms with Crippen LogP contribution in [0.15, 0.2) is 46.1 Å². The number of carbonyl (C=O) groups excluding carboxylic acids is 1. The van der Waals surface area contributed by atoms with E-state index in [2.05, 4.69) is 20.5 Å². The van der Waals surface area contributed by atoms with E-state index in [0.29, 0.717) is 24.0 Å². The highest BCUT2D eigenvalue weighted by Crippen LogP contribution is 2.27. The van der Waals surface area contributed by atoms with Gasteiger partial charge in [0.15, 0.2) is 5.82 Å². The Morgan fingerprint density at radius 2 is 1.71 bits per heavy atom. The molecule has 9 nitrogen and oxygen atoms in total. The smallest absolute Gasteiger partial charge is 0.406 e. The van der Waals surface area contributed by atoms with Crippen molar-refractivity contribution in [3.8, 4) is 11.4 Å². The fraction of sp³-hybridized carbons (Fsp3) is 0.304. The van der Waals surface area contributed by atoms with Gasteiger partial charge in [-0.05, 0) is 56.0 Å². The average molecular weight is 489 g/mol. The largest absolute Gasteiger partial charge is 0.573 e. The van der Waals surface area contributed by atoms with Crippen molar-refractivity contribution in [3.05, 3.63) is 73.9 Å². The summed E-state index contributed by atoms with van der Waals surface area (Å²) in [6, 6.07) is 6.16. The van der Waals surface area contributed by atoms with Gasteiger partial charge >= 0.3 is 6.36 Å². The first-order chi connectivity index (χ1) is 16.6. The molecule has 0 unspecified atom stereocenters. The molecule has 0 saturated carbocycles. The number of hydrogen-bond acceptors (Lipinski definition) is 6. The zero-order valence-corrected chi connectivity index (χ0v) is 18.9. The summed E-state index contributed by atoms with van der Waals surface area (Å²) in [4.78, 5) is 38.0. The van der Waals surface area contributed by atoms with Crippen LogP contribution in [0.1, 0.15) is 34.3 Å². The summed E-state index contributed by atoms with van der Waals surface area (Å²) in [6.45, 7) is 0. The van der Waals surface area contributed by atoms with Gasteiger partial charge in [0.1, 0.15) is 11.4 Å². The lowest BCUT2D eigenvalue weighted by Crippen LogP contribution is -2.30. The first-order valence-corrected chi connectivity index (χ1v) is 10.8. The number of nitrogens with zero attached hydrogens (tertiary/aromatic N) is 3. The molecular weight excluding hydrogens is 467 g/mol. The number of pyridine rings is 1. The van der Waals surface area contributed by atoms with Crippen LogP contribution in [0.3, 0.4) is 0 Å². The maximum absolute atomic E-state index is 13.2. The number of rotatable bonds is 5. The van der Waals surface area contributed by atoms with Crippen LogP contribution in [-0.4, -0.2) is 33.7 Å². The van der Waals surface area contributed by atoms with Crippen LogP contribution in [0, 0.1) is 0 Å². The number of fused-ring (bicyclic) bond motifs is 1. The van der Waals surface area contributed by atoms with Crippen LogP contribution in [-0.2, 0) is 19.9 Å². The second kappa shape index (κ2) is 9.28. The lowest BCUT2D eigenvalue weighted by atomic mass is 9.93. The minimum atomic E-state index is -4.84. The highest BCUT2D eigenvalue weighted by atomic mass is 19.4. The Morgan fingerprint density at radius 3 is 2.34 bits per heavy atom. The SMILES string of the molecule is CNC(=O)c1cc(Nc2nn(-c3ccc(OC(F)(F)F)cc3)c(=O)c3c2CCCC3)c(=O)n(C)c1.